The highest BCUT2D eigenvalue weighted by molar-refractivity contribution is 6.35. The van der Waals surface area contributed by atoms with Crippen LogP contribution in [0.5, 0.6) is 0 Å². The molecular weight excluding hydrogens is 585 g/mol. The fourth-order valence-electron chi connectivity index (χ4n) is 7.12. The number of ether oxygens (including phenoxy) is 1. The molecule has 3 aliphatic heterocycles. The van der Waals surface area contributed by atoms with Crippen molar-refractivity contribution < 1.29 is 19.1 Å². The Bertz CT molecular complexity index is 1400. The summed E-state index contributed by atoms with van der Waals surface area (Å²) in [6, 6.07) is 11.0. The predicted molar refractivity (Wildman–Crippen MR) is 159 cm³/mol. The van der Waals surface area contributed by atoms with Crippen LogP contribution < -0.4 is 10.6 Å². The first kappa shape index (κ1) is 28.5. The van der Waals surface area contributed by atoms with Crippen molar-refractivity contribution in [1.82, 2.24) is 10.2 Å². The van der Waals surface area contributed by atoms with E-state index in [1.807, 2.05) is 18.2 Å². The molecule has 2 aromatic rings. The van der Waals surface area contributed by atoms with E-state index >= 15 is 0 Å². The average Bonchev–Trinajstić information content (AvgIpc) is 3.55. The standard InChI is InChI=1S/C31H32Cl3N3O4/c1-16-4-3-5-23(17(16)2)36-29(39)27-31-11-10-24(41-31)25(28(38)35-22-13-20(33)12-21(34)14-22)26(31)30(40)37(27)15-18-6-8-19(32)9-7-18/h6-14,16-17,23-27H,3-5,15H2,1-2H3,(H,35,38)(H,36,39). The van der Waals surface area contributed by atoms with E-state index in [0.717, 1.165) is 24.8 Å². The van der Waals surface area contributed by atoms with Crippen molar-refractivity contribution in [2.45, 2.75) is 63.4 Å². The van der Waals surface area contributed by atoms with E-state index in [1.54, 1.807) is 41.3 Å². The number of carbonyl (C=O) groups is 3. The summed E-state index contributed by atoms with van der Waals surface area (Å²) in [6.07, 6.45) is 6.04. The molecule has 2 N–H and O–H groups in total. The van der Waals surface area contributed by atoms with Crippen molar-refractivity contribution in [3.05, 3.63) is 75.2 Å². The lowest BCUT2D eigenvalue weighted by molar-refractivity contribution is -0.142. The van der Waals surface area contributed by atoms with Gasteiger partial charge in [0.05, 0.1) is 17.9 Å². The number of hydrogen-bond donors (Lipinski definition) is 2. The van der Waals surface area contributed by atoms with Gasteiger partial charge in [-0.1, -0.05) is 85.8 Å². The molecule has 10 heteroatoms. The molecule has 41 heavy (non-hydrogen) atoms. The van der Waals surface area contributed by atoms with Gasteiger partial charge in [-0.05, 0) is 54.2 Å². The molecule has 7 nitrogen and oxygen atoms in total. The molecule has 3 heterocycles. The van der Waals surface area contributed by atoms with Crippen LogP contribution in [0.15, 0.2) is 54.6 Å². The largest absolute Gasteiger partial charge is 0.359 e. The van der Waals surface area contributed by atoms with Gasteiger partial charge in [0.15, 0.2) is 0 Å². The number of rotatable bonds is 6. The fourth-order valence-corrected chi connectivity index (χ4v) is 7.78. The number of amides is 3. The first-order valence-corrected chi connectivity index (χ1v) is 15.2. The SMILES string of the molecule is CC1CCCC(NC(=O)C2N(Cc3ccc(Cl)cc3)C(=O)C3C(C(=O)Nc4cc(Cl)cc(Cl)c4)C4C=CC32O4)C1C. The summed E-state index contributed by atoms with van der Waals surface area (Å²) in [7, 11) is 0. The third-order valence-corrected chi connectivity index (χ3v) is 10.0. The van der Waals surface area contributed by atoms with Gasteiger partial charge < -0.3 is 20.3 Å². The van der Waals surface area contributed by atoms with Gasteiger partial charge in [0, 0.05) is 33.3 Å². The van der Waals surface area contributed by atoms with Gasteiger partial charge in [-0.25, -0.2) is 0 Å². The third-order valence-electron chi connectivity index (χ3n) is 9.36. The molecule has 2 bridgehead atoms. The Morgan fingerprint density at radius 3 is 2.41 bits per heavy atom. The van der Waals surface area contributed by atoms with Crippen LogP contribution in [0.2, 0.25) is 15.1 Å². The number of anilines is 1. The fraction of sp³-hybridized carbons (Fsp3) is 0.452. The highest BCUT2D eigenvalue weighted by Crippen LogP contribution is 2.55. The Labute approximate surface area is 254 Å². The van der Waals surface area contributed by atoms with Crippen molar-refractivity contribution in [2.75, 3.05) is 5.32 Å². The van der Waals surface area contributed by atoms with Crippen LogP contribution in [0.25, 0.3) is 0 Å². The van der Waals surface area contributed by atoms with Gasteiger partial charge >= 0.3 is 0 Å². The molecule has 8 unspecified atom stereocenters. The van der Waals surface area contributed by atoms with Gasteiger partial charge in [0.2, 0.25) is 17.7 Å². The Balaban J connectivity index is 1.33. The van der Waals surface area contributed by atoms with E-state index in [9.17, 15) is 14.4 Å². The lowest BCUT2D eigenvalue weighted by Gasteiger charge is -2.38. The van der Waals surface area contributed by atoms with Crippen LogP contribution >= 0.6 is 34.8 Å². The van der Waals surface area contributed by atoms with E-state index in [0.29, 0.717) is 32.6 Å². The predicted octanol–water partition coefficient (Wildman–Crippen LogP) is 5.88. The van der Waals surface area contributed by atoms with Crippen molar-refractivity contribution in [2.24, 2.45) is 23.7 Å². The van der Waals surface area contributed by atoms with E-state index < -0.39 is 29.6 Å². The van der Waals surface area contributed by atoms with Crippen molar-refractivity contribution in [3.63, 3.8) is 0 Å². The van der Waals surface area contributed by atoms with Crippen LogP contribution in [-0.2, 0) is 25.7 Å². The first-order valence-electron chi connectivity index (χ1n) is 14.1. The molecule has 2 aromatic carbocycles. The van der Waals surface area contributed by atoms with Crippen LogP contribution in [0.1, 0.15) is 38.7 Å². The van der Waals surface area contributed by atoms with Crippen LogP contribution in [-0.4, -0.2) is 46.4 Å². The van der Waals surface area contributed by atoms with E-state index in [-0.39, 0.29) is 30.3 Å². The second-order valence-electron chi connectivity index (χ2n) is 11.8. The van der Waals surface area contributed by atoms with Gasteiger partial charge in [0.25, 0.3) is 0 Å². The lowest BCUT2D eigenvalue weighted by atomic mass is 9.73. The minimum atomic E-state index is -1.25. The van der Waals surface area contributed by atoms with Crippen LogP contribution in [0, 0.1) is 23.7 Å². The van der Waals surface area contributed by atoms with Crippen LogP contribution in [0.4, 0.5) is 5.69 Å². The molecule has 3 amide bonds. The Morgan fingerprint density at radius 2 is 1.71 bits per heavy atom. The van der Waals surface area contributed by atoms with Crippen LogP contribution in [0.3, 0.4) is 0 Å². The smallest absolute Gasteiger partial charge is 0.246 e. The summed E-state index contributed by atoms with van der Waals surface area (Å²) in [6.45, 7) is 4.56. The monoisotopic (exact) mass is 615 g/mol. The minimum absolute atomic E-state index is 0.00319. The van der Waals surface area contributed by atoms with Gasteiger partial charge in [-0.2, -0.15) is 0 Å². The van der Waals surface area contributed by atoms with Gasteiger partial charge in [-0.3, -0.25) is 14.4 Å². The second kappa shape index (κ2) is 10.9. The molecule has 1 saturated carbocycles. The lowest BCUT2D eigenvalue weighted by Crippen LogP contribution is -2.57. The summed E-state index contributed by atoms with van der Waals surface area (Å²) in [5, 5.41) is 7.47. The molecule has 1 aliphatic carbocycles. The zero-order valence-electron chi connectivity index (χ0n) is 22.8. The number of halogens is 3. The maximum absolute atomic E-state index is 14.2. The van der Waals surface area contributed by atoms with Gasteiger partial charge in [-0.15, -0.1) is 0 Å². The molecule has 1 spiro atoms. The molecule has 4 aliphatic rings. The maximum atomic E-state index is 14.2. The summed E-state index contributed by atoms with van der Waals surface area (Å²) >= 11 is 18.4. The second-order valence-corrected chi connectivity index (χ2v) is 13.1. The Hall–Kier alpha value is -2.58. The molecule has 6 rings (SSSR count). The summed E-state index contributed by atoms with van der Waals surface area (Å²) in [5.74, 6) is -1.83. The van der Waals surface area contributed by atoms with Gasteiger partial charge in [0.1, 0.15) is 11.6 Å². The number of carbonyl (C=O) groups excluding carboxylic acids is 3. The quantitative estimate of drug-likeness (QED) is 0.397. The van der Waals surface area contributed by atoms with Crippen molar-refractivity contribution in [3.8, 4) is 0 Å². The number of benzene rings is 2. The summed E-state index contributed by atoms with van der Waals surface area (Å²) < 4.78 is 6.46. The van der Waals surface area contributed by atoms with E-state index in [1.165, 1.54) is 0 Å². The zero-order valence-corrected chi connectivity index (χ0v) is 25.0. The molecule has 2 saturated heterocycles. The number of likely N-dealkylation sites (tertiary alicyclic amines) is 1. The Morgan fingerprint density at radius 1 is 1.00 bits per heavy atom. The molecule has 0 radical (unpaired) electrons. The minimum Gasteiger partial charge on any atom is -0.359 e. The number of nitrogens with one attached hydrogen (secondary N) is 2. The molecule has 0 aromatic heterocycles. The van der Waals surface area contributed by atoms with E-state index in [2.05, 4.69) is 24.5 Å². The molecule has 8 atom stereocenters. The highest BCUT2D eigenvalue weighted by atomic mass is 35.5. The first-order chi connectivity index (χ1) is 19.6. The topological polar surface area (TPSA) is 87.7 Å². The number of fused-ring (bicyclic) bond motifs is 1. The molecular formula is C31H32Cl3N3O4. The zero-order chi connectivity index (χ0) is 29.1. The van der Waals surface area contributed by atoms with Crippen molar-refractivity contribution in [1.29, 1.82) is 0 Å². The third kappa shape index (κ3) is 5.05. The molecule has 216 valence electrons. The summed E-state index contributed by atoms with van der Waals surface area (Å²) in [5.41, 5.74) is -0.00777. The van der Waals surface area contributed by atoms with Crippen molar-refractivity contribution >= 4 is 58.2 Å². The maximum Gasteiger partial charge on any atom is 0.246 e. The Kier molecular flexibility index (Phi) is 7.60. The average molecular weight is 617 g/mol. The normalized spacial score (nSPS) is 33.6. The number of nitrogens with zero attached hydrogens (tertiary/aromatic N) is 1. The number of hydrogen-bond acceptors (Lipinski definition) is 4. The van der Waals surface area contributed by atoms with E-state index in [4.69, 9.17) is 39.5 Å². The molecule has 3 fully saturated rings. The summed E-state index contributed by atoms with van der Waals surface area (Å²) in [4.78, 5) is 43.7. The highest BCUT2D eigenvalue weighted by Gasteiger charge is 2.72.